The molecule has 0 saturated carbocycles. The lowest BCUT2D eigenvalue weighted by Crippen LogP contribution is -2.16. The van der Waals surface area contributed by atoms with Crippen LogP contribution in [0, 0.1) is 6.92 Å². The van der Waals surface area contributed by atoms with Crippen molar-refractivity contribution in [1.82, 2.24) is 14.5 Å². The number of hydrogen-bond acceptors (Lipinski definition) is 3. The predicted octanol–water partition coefficient (Wildman–Crippen LogP) is 1.83. The minimum absolute atomic E-state index is 0.383. The zero-order valence-electron chi connectivity index (χ0n) is 10.4. The molecular formula is C14H12N4O. The van der Waals surface area contributed by atoms with Gasteiger partial charge in [0.2, 0.25) is 0 Å². The van der Waals surface area contributed by atoms with E-state index in [4.69, 9.17) is 5.73 Å². The van der Waals surface area contributed by atoms with E-state index < -0.39 is 5.91 Å². The first kappa shape index (κ1) is 11.4. The molecule has 5 nitrogen and oxygen atoms in total. The van der Waals surface area contributed by atoms with Gasteiger partial charge in [0, 0.05) is 5.69 Å². The SMILES string of the molecule is Cc1ccc(C(N)=O)c(-n2cnc3ccccc32)n1. The number of aryl methyl sites for hydroxylation is 1. The first-order chi connectivity index (χ1) is 9.16. The molecule has 0 fully saturated rings. The third-order valence-corrected chi connectivity index (χ3v) is 2.96. The molecule has 19 heavy (non-hydrogen) atoms. The number of imidazole rings is 1. The van der Waals surface area contributed by atoms with Crippen LogP contribution in [0.2, 0.25) is 0 Å². The number of para-hydroxylation sites is 2. The summed E-state index contributed by atoms with van der Waals surface area (Å²) >= 11 is 0. The van der Waals surface area contributed by atoms with Crippen molar-refractivity contribution < 1.29 is 4.79 Å². The Morgan fingerprint density at radius 1 is 1.21 bits per heavy atom. The van der Waals surface area contributed by atoms with Crippen molar-refractivity contribution in [3.8, 4) is 5.82 Å². The van der Waals surface area contributed by atoms with Gasteiger partial charge in [0.1, 0.15) is 6.33 Å². The van der Waals surface area contributed by atoms with Gasteiger partial charge in [-0.25, -0.2) is 9.97 Å². The Morgan fingerprint density at radius 3 is 2.79 bits per heavy atom. The molecule has 0 saturated heterocycles. The van der Waals surface area contributed by atoms with Crippen molar-refractivity contribution in [2.24, 2.45) is 5.73 Å². The Balaban J connectivity index is 2.32. The molecule has 0 aliphatic rings. The van der Waals surface area contributed by atoms with Crippen molar-refractivity contribution in [2.45, 2.75) is 6.92 Å². The van der Waals surface area contributed by atoms with Crippen LogP contribution in [0.25, 0.3) is 16.9 Å². The van der Waals surface area contributed by atoms with Gasteiger partial charge in [-0.3, -0.25) is 9.36 Å². The van der Waals surface area contributed by atoms with Crippen molar-refractivity contribution >= 4 is 16.9 Å². The van der Waals surface area contributed by atoms with Gasteiger partial charge in [0.05, 0.1) is 16.6 Å². The van der Waals surface area contributed by atoms with E-state index in [-0.39, 0.29) is 0 Å². The molecule has 0 aliphatic carbocycles. The first-order valence-electron chi connectivity index (χ1n) is 5.87. The third-order valence-electron chi connectivity index (χ3n) is 2.96. The van der Waals surface area contributed by atoms with Crippen LogP contribution >= 0.6 is 0 Å². The smallest absolute Gasteiger partial charge is 0.252 e. The van der Waals surface area contributed by atoms with Crippen LogP contribution in [-0.2, 0) is 0 Å². The van der Waals surface area contributed by atoms with Gasteiger partial charge in [-0.2, -0.15) is 0 Å². The molecular weight excluding hydrogens is 240 g/mol. The maximum atomic E-state index is 11.5. The van der Waals surface area contributed by atoms with E-state index in [1.165, 1.54) is 0 Å². The van der Waals surface area contributed by atoms with E-state index in [2.05, 4.69) is 9.97 Å². The van der Waals surface area contributed by atoms with E-state index in [0.717, 1.165) is 16.7 Å². The number of carbonyl (C=O) groups excluding carboxylic acids is 1. The minimum Gasteiger partial charge on any atom is -0.365 e. The van der Waals surface area contributed by atoms with E-state index >= 15 is 0 Å². The number of nitrogens with zero attached hydrogens (tertiary/aromatic N) is 3. The maximum absolute atomic E-state index is 11.5. The number of pyridine rings is 1. The number of benzene rings is 1. The lowest BCUT2D eigenvalue weighted by atomic mass is 10.2. The summed E-state index contributed by atoms with van der Waals surface area (Å²) in [6.45, 7) is 1.87. The van der Waals surface area contributed by atoms with Crippen molar-refractivity contribution in [3.05, 3.63) is 54.0 Å². The van der Waals surface area contributed by atoms with Crippen LogP contribution in [0.15, 0.2) is 42.7 Å². The lowest BCUT2D eigenvalue weighted by molar-refractivity contribution is 0.1000. The molecule has 0 aliphatic heterocycles. The van der Waals surface area contributed by atoms with Crippen molar-refractivity contribution in [2.75, 3.05) is 0 Å². The fourth-order valence-corrected chi connectivity index (χ4v) is 2.05. The predicted molar refractivity (Wildman–Crippen MR) is 72.1 cm³/mol. The van der Waals surface area contributed by atoms with E-state index in [1.54, 1.807) is 23.0 Å². The second-order valence-corrected chi connectivity index (χ2v) is 4.29. The molecule has 0 atom stereocenters. The molecule has 2 N–H and O–H groups in total. The fraction of sp³-hybridized carbons (Fsp3) is 0.0714. The molecule has 3 aromatic rings. The number of aromatic nitrogens is 3. The zero-order valence-corrected chi connectivity index (χ0v) is 10.4. The summed E-state index contributed by atoms with van der Waals surface area (Å²) in [6, 6.07) is 11.1. The molecule has 2 aromatic heterocycles. The van der Waals surface area contributed by atoms with Crippen molar-refractivity contribution in [1.29, 1.82) is 0 Å². The topological polar surface area (TPSA) is 73.8 Å². The van der Waals surface area contributed by atoms with E-state index in [9.17, 15) is 4.79 Å². The Labute approximate surface area is 109 Å². The monoisotopic (exact) mass is 252 g/mol. The molecule has 0 unspecified atom stereocenters. The van der Waals surface area contributed by atoms with Gasteiger partial charge in [-0.1, -0.05) is 12.1 Å². The number of fused-ring (bicyclic) bond motifs is 1. The number of hydrogen-bond donors (Lipinski definition) is 1. The largest absolute Gasteiger partial charge is 0.365 e. The number of primary amides is 1. The zero-order chi connectivity index (χ0) is 13.4. The highest BCUT2D eigenvalue weighted by Crippen LogP contribution is 2.19. The quantitative estimate of drug-likeness (QED) is 0.756. The van der Waals surface area contributed by atoms with Crippen LogP contribution < -0.4 is 5.73 Å². The molecule has 1 aromatic carbocycles. The number of amides is 1. The number of carbonyl (C=O) groups is 1. The van der Waals surface area contributed by atoms with Gasteiger partial charge in [0.25, 0.3) is 5.91 Å². The summed E-state index contributed by atoms with van der Waals surface area (Å²) in [5.41, 5.74) is 8.34. The summed E-state index contributed by atoms with van der Waals surface area (Å²) in [5.74, 6) is 0.0153. The highest BCUT2D eigenvalue weighted by Gasteiger charge is 2.14. The van der Waals surface area contributed by atoms with Gasteiger partial charge in [-0.05, 0) is 31.2 Å². The second kappa shape index (κ2) is 4.20. The summed E-state index contributed by atoms with van der Waals surface area (Å²) in [6.07, 6.45) is 1.65. The van der Waals surface area contributed by atoms with E-state index in [0.29, 0.717) is 11.4 Å². The van der Waals surface area contributed by atoms with Crippen LogP contribution in [0.5, 0.6) is 0 Å². The van der Waals surface area contributed by atoms with Crippen LogP contribution in [-0.4, -0.2) is 20.4 Å². The van der Waals surface area contributed by atoms with Gasteiger partial charge < -0.3 is 5.73 Å². The lowest BCUT2D eigenvalue weighted by Gasteiger charge is -2.08. The summed E-state index contributed by atoms with van der Waals surface area (Å²) < 4.78 is 1.78. The molecule has 0 radical (unpaired) electrons. The van der Waals surface area contributed by atoms with Gasteiger partial charge in [0.15, 0.2) is 5.82 Å². The molecule has 0 bridgehead atoms. The normalized spacial score (nSPS) is 10.8. The first-order valence-corrected chi connectivity index (χ1v) is 5.87. The minimum atomic E-state index is -0.500. The second-order valence-electron chi connectivity index (χ2n) is 4.29. The maximum Gasteiger partial charge on any atom is 0.252 e. The van der Waals surface area contributed by atoms with E-state index in [1.807, 2.05) is 31.2 Å². The van der Waals surface area contributed by atoms with Crippen LogP contribution in [0.1, 0.15) is 16.1 Å². The highest BCUT2D eigenvalue weighted by atomic mass is 16.1. The molecule has 5 heteroatoms. The molecule has 2 heterocycles. The Bertz CT molecular complexity index is 776. The number of nitrogens with two attached hydrogens (primary N) is 1. The average Bonchev–Trinajstić information content (AvgIpc) is 2.82. The average molecular weight is 252 g/mol. The Kier molecular flexibility index (Phi) is 2.52. The van der Waals surface area contributed by atoms with Crippen LogP contribution in [0.3, 0.4) is 0 Å². The number of rotatable bonds is 2. The fourth-order valence-electron chi connectivity index (χ4n) is 2.05. The van der Waals surface area contributed by atoms with Crippen LogP contribution in [0.4, 0.5) is 0 Å². The van der Waals surface area contributed by atoms with Crippen molar-refractivity contribution in [3.63, 3.8) is 0 Å². The van der Waals surface area contributed by atoms with Gasteiger partial charge >= 0.3 is 0 Å². The summed E-state index contributed by atoms with van der Waals surface area (Å²) in [7, 11) is 0. The van der Waals surface area contributed by atoms with Gasteiger partial charge in [-0.15, -0.1) is 0 Å². The molecule has 1 amide bonds. The Morgan fingerprint density at radius 2 is 2.00 bits per heavy atom. The summed E-state index contributed by atoms with van der Waals surface area (Å²) in [4.78, 5) is 20.2. The third kappa shape index (κ3) is 1.85. The molecule has 0 spiro atoms. The Hall–Kier alpha value is -2.69. The molecule has 3 rings (SSSR count). The molecule has 94 valence electrons. The highest BCUT2D eigenvalue weighted by molar-refractivity contribution is 5.96. The standard InChI is InChI=1S/C14H12N4O/c1-9-6-7-10(13(15)19)14(17-9)18-8-16-11-4-2-3-5-12(11)18/h2-8H,1H3,(H2,15,19). The summed E-state index contributed by atoms with van der Waals surface area (Å²) in [5, 5.41) is 0.